The molecule has 0 aliphatic rings. The minimum absolute atomic E-state index is 0.0136. The molecule has 152 valence electrons. The third-order valence-electron chi connectivity index (χ3n) is 4.49. The van der Waals surface area contributed by atoms with E-state index in [0.29, 0.717) is 24.1 Å². The van der Waals surface area contributed by atoms with Crippen LogP contribution in [0.15, 0.2) is 18.3 Å². The van der Waals surface area contributed by atoms with E-state index in [9.17, 15) is 14.4 Å². The van der Waals surface area contributed by atoms with Gasteiger partial charge in [0.1, 0.15) is 5.52 Å². The van der Waals surface area contributed by atoms with Crippen molar-refractivity contribution < 1.29 is 24.2 Å². The van der Waals surface area contributed by atoms with Crippen molar-refractivity contribution in [3.63, 3.8) is 0 Å². The Morgan fingerprint density at radius 2 is 2.00 bits per heavy atom. The molecule has 0 radical (unpaired) electrons. The number of fused-ring (bicyclic) bond motifs is 1. The molecule has 0 saturated heterocycles. The monoisotopic (exact) mass is 415 g/mol. The number of carboxylic acid groups (broad SMARTS) is 1. The van der Waals surface area contributed by atoms with E-state index in [4.69, 9.17) is 15.6 Å². The van der Waals surface area contributed by atoms with Gasteiger partial charge in [-0.2, -0.15) is 0 Å². The average Bonchev–Trinajstić information content (AvgIpc) is 3.20. The molecule has 0 atom stereocenters. The summed E-state index contributed by atoms with van der Waals surface area (Å²) in [6.07, 6.45) is 2.76. The number of aryl methyl sites for hydroxylation is 2. The van der Waals surface area contributed by atoms with Crippen molar-refractivity contribution in [1.82, 2.24) is 9.38 Å². The van der Waals surface area contributed by atoms with E-state index in [-0.39, 0.29) is 17.0 Å². The van der Waals surface area contributed by atoms with Crippen LogP contribution in [0.3, 0.4) is 0 Å². The van der Waals surface area contributed by atoms with Crippen LogP contribution in [-0.4, -0.2) is 38.8 Å². The third kappa shape index (κ3) is 4.00. The van der Waals surface area contributed by atoms with E-state index in [0.717, 1.165) is 15.4 Å². The Morgan fingerprint density at radius 1 is 1.28 bits per heavy atom. The van der Waals surface area contributed by atoms with Crippen molar-refractivity contribution in [2.24, 2.45) is 5.73 Å². The van der Waals surface area contributed by atoms with E-state index in [1.165, 1.54) is 0 Å². The summed E-state index contributed by atoms with van der Waals surface area (Å²) >= 11 is 1.64. The highest BCUT2D eigenvalue weighted by molar-refractivity contribution is 7.11. The van der Waals surface area contributed by atoms with E-state index >= 15 is 0 Å². The van der Waals surface area contributed by atoms with Gasteiger partial charge >= 0.3 is 5.97 Å². The number of carbonyl (C=O) groups is 3. The molecule has 9 heteroatoms. The molecule has 8 nitrogen and oxygen atoms in total. The number of aromatic nitrogens is 2. The summed E-state index contributed by atoms with van der Waals surface area (Å²) in [5, 5.41) is 8.99. The first kappa shape index (κ1) is 20.5. The number of hydrogen-bond acceptors (Lipinski definition) is 6. The van der Waals surface area contributed by atoms with Gasteiger partial charge in [-0.1, -0.05) is 6.92 Å². The minimum Gasteiger partial charge on any atom is -0.479 e. The maximum absolute atomic E-state index is 12.7. The number of aliphatic carboxylic acids is 1. The van der Waals surface area contributed by atoms with Gasteiger partial charge in [-0.05, 0) is 38.0 Å². The summed E-state index contributed by atoms with van der Waals surface area (Å²) in [7, 11) is 0. The smallest absolute Gasteiger partial charge is 0.341 e. The number of ether oxygens (including phenoxy) is 1. The minimum atomic E-state index is -1.18. The van der Waals surface area contributed by atoms with Gasteiger partial charge in [0.25, 0.3) is 11.7 Å². The van der Waals surface area contributed by atoms with Gasteiger partial charge in [-0.25, -0.2) is 9.78 Å². The molecular weight excluding hydrogens is 394 g/mol. The number of carbonyl (C=O) groups excluding carboxylic acids is 2. The summed E-state index contributed by atoms with van der Waals surface area (Å²) in [6, 6.07) is 4.04. The number of primary amides is 1. The lowest BCUT2D eigenvalue weighted by molar-refractivity contribution is -0.139. The molecule has 3 aromatic heterocycles. The number of nitrogens with zero attached hydrogens (tertiary/aromatic N) is 2. The van der Waals surface area contributed by atoms with Crippen LogP contribution in [0.5, 0.6) is 5.88 Å². The Hall–Kier alpha value is -3.20. The van der Waals surface area contributed by atoms with Gasteiger partial charge in [0.2, 0.25) is 5.88 Å². The molecule has 3 heterocycles. The normalized spacial score (nSPS) is 11.0. The van der Waals surface area contributed by atoms with E-state index < -0.39 is 24.3 Å². The van der Waals surface area contributed by atoms with Crippen molar-refractivity contribution in [3.8, 4) is 5.88 Å². The molecule has 0 spiro atoms. The number of Topliss-reactive ketones (excluding diaryl/α,β-unsaturated/α-hetero) is 1. The zero-order chi connectivity index (χ0) is 21.3. The Kier molecular flexibility index (Phi) is 5.69. The molecule has 0 fully saturated rings. The first-order valence-corrected chi connectivity index (χ1v) is 9.82. The van der Waals surface area contributed by atoms with Crippen LogP contribution in [0, 0.1) is 13.8 Å². The second kappa shape index (κ2) is 8.04. The van der Waals surface area contributed by atoms with Crippen LogP contribution < -0.4 is 10.5 Å². The van der Waals surface area contributed by atoms with Crippen LogP contribution in [0.4, 0.5) is 0 Å². The lowest BCUT2D eigenvalue weighted by Crippen LogP contribution is -2.24. The second-order valence-electron chi connectivity index (χ2n) is 6.62. The van der Waals surface area contributed by atoms with Crippen LogP contribution in [-0.2, 0) is 22.4 Å². The number of thiophene rings is 1. The maximum Gasteiger partial charge on any atom is 0.341 e. The summed E-state index contributed by atoms with van der Waals surface area (Å²) in [6.45, 7) is 5.02. The summed E-state index contributed by atoms with van der Waals surface area (Å²) in [5.74, 6) is -3.12. The Morgan fingerprint density at radius 3 is 2.55 bits per heavy atom. The lowest BCUT2D eigenvalue weighted by atomic mass is 10.0. The first-order valence-electron chi connectivity index (χ1n) is 9.00. The molecule has 0 aliphatic heterocycles. The highest BCUT2D eigenvalue weighted by Gasteiger charge is 2.29. The molecule has 0 saturated carbocycles. The van der Waals surface area contributed by atoms with Crippen molar-refractivity contribution >= 4 is 34.5 Å². The Balaban J connectivity index is 2.32. The highest BCUT2D eigenvalue weighted by atomic mass is 32.1. The molecule has 1 amide bonds. The fraction of sp³-hybridized carbons (Fsp3) is 0.300. The molecule has 3 N–H and O–H groups in total. The molecular formula is C20H21N3O5S. The lowest BCUT2D eigenvalue weighted by Gasteiger charge is -2.09. The van der Waals surface area contributed by atoms with E-state index in [1.54, 1.807) is 28.9 Å². The van der Waals surface area contributed by atoms with Crippen molar-refractivity contribution in [3.05, 3.63) is 50.6 Å². The second-order valence-corrected chi connectivity index (χ2v) is 8.00. The molecule has 0 aliphatic carbocycles. The van der Waals surface area contributed by atoms with Gasteiger partial charge in [0.15, 0.2) is 6.61 Å². The van der Waals surface area contributed by atoms with Crippen LogP contribution in [0.2, 0.25) is 0 Å². The van der Waals surface area contributed by atoms with Gasteiger partial charge in [0, 0.05) is 28.1 Å². The van der Waals surface area contributed by atoms with Crippen LogP contribution >= 0.6 is 11.3 Å². The summed E-state index contributed by atoms with van der Waals surface area (Å²) in [5.41, 5.74) is 7.76. The SMILES string of the molecule is CCc1c(C(=O)C(N)=O)c2c(OCC(=O)O)nc(C)cn2c1Cc1ccc(C)s1. The predicted octanol–water partition coefficient (Wildman–Crippen LogP) is 2.30. The summed E-state index contributed by atoms with van der Waals surface area (Å²) in [4.78, 5) is 42.0. The molecule has 3 aromatic rings. The largest absolute Gasteiger partial charge is 0.479 e. The van der Waals surface area contributed by atoms with Gasteiger partial charge < -0.3 is 20.0 Å². The zero-order valence-electron chi connectivity index (χ0n) is 16.3. The average molecular weight is 415 g/mol. The molecule has 3 rings (SSSR count). The van der Waals surface area contributed by atoms with Crippen LogP contribution in [0.25, 0.3) is 5.52 Å². The maximum atomic E-state index is 12.7. The Labute approximate surface area is 170 Å². The molecule has 0 bridgehead atoms. The number of nitrogens with two attached hydrogens (primary N) is 1. The topological polar surface area (TPSA) is 124 Å². The first-order chi connectivity index (χ1) is 13.7. The number of amides is 1. The van der Waals surface area contributed by atoms with Gasteiger partial charge in [-0.15, -0.1) is 11.3 Å². The van der Waals surface area contributed by atoms with E-state index in [2.05, 4.69) is 4.98 Å². The van der Waals surface area contributed by atoms with Crippen molar-refractivity contribution in [1.29, 1.82) is 0 Å². The van der Waals surface area contributed by atoms with Gasteiger partial charge in [0.05, 0.1) is 11.3 Å². The zero-order valence-corrected chi connectivity index (χ0v) is 17.1. The highest BCUT2D eigenvalue weighted by Crippen LogP contribution is 2.33. The number of hydrogen-bond donors (Lipinski definition) is 2. The fourth-order valence-corrected chi connectivity index (χ4v) is 4.28. The standard InChI is InChI=1S/C20H21N3O5S/c1-4-13-14(7-12-6-5-11(3)29-12)23-8-10(2)22-20(28-9-15(24)25)17(23)16(13)18(26)19(21)27/h5-6,8H,4,7,9H2,1-3H3,(H2,21,27)(H,24,25). The van der Waals surface area contributed by atoms with Crippen molar-refractivity contribution in [2.45, 2.75) is 33.6 Å². The molecule has 0 unspecified atom stereocenters. The quantitative estimate of drug-likeness (QED) is 0.430. The fourth-order valence-electron chi connectivity index (χ4n) is 3.39. The third-order valence-corrected chi connectivity index (χ3v) is 5.49. The number of carboxylic acids is 1. The number of ketones is 1. The van der Waals surface area contributed by atoms with Crippen LogP contribution in [0.1, 0.15) is 44.0 Å². The predicted molar refractivity (Wildman–Crippen MR) is 108 cm³/mol. The van der Waals surface area contributed by atoms with Crippen molar-refractivity contribution in [2.75, 3.05) is 6.61 Å². The number of rotatable bonds is 8. The Bertz CT molecular complexity index is 1130. The molecule has 0 aromatic carbocycles. The van der Waals surface area contributed by atoms with E-state index in [1.807, 2.05) is 26.0 Å². The summed E-state index contributed by atoms with van der Waals surface area (Å²) < 4.78 is 7.13. The van der Waals surface area contributed by atoms with Gasteiger partial charge in [-0.3, -0.25) is 9.59 Å². The molecule has 29 heavy (non-hydrogen) atoms.